The third-order valence-electron chi connectivity index (χ3n) is 15.6. The van der Waals surface area contributed by atoms with Crippen molar-refractivity contribution >= 4 is 17.9 Å². The molecule has 0 aliphatic carbocycles. The lowest BCUT2D eigenvalue weighted by molar-refractivity contribution is -0.167. The SMILES string of the molecule is CCCCCCCCCCCCCCCCCCCCCCCCCCCCCC(=O)OCC(COC(=O)CCCCCCCCCCCCCCC)OC(=O)CCCCCCCCCCCCCCCCC. The van der Waals surface area contributed by atoms with Crippen LogP contribution < -0.4 is 0 Å². The monoisotopic (exact) mass is 1030 g/mol. The molecule has 0 heterocycles. The molecule has 0 aromatic carbocycles. The van der Waals surface area contributed by atoms with Gasteiger partial charge in [-0.3, -0.25) is 14.4 Å². The second-order valence-corrected chi connectivity index (χ2v) is 23.1. The summed E-state index contributed by atoms with van der Waals surface area (Å²) in [7, 11) is 0. The number of carbonyl (C=O) groups is 3. The third kappa shape index (κ3) is 61.1. The highest BCUT2D eigenvalue weighted by Gasteiger charge is 2.19. The van der Waals surface area contributed by atoms with Gasteiger partial charge in [0.05, 0.1) is 0 Å². The average Bonchev–Trinajstić information content (AvgIpc) is 3.39. The normalized spacial score (nSPS) is 11.9. The zero-order chi connectivity index (χ0) is 52.9. The van der Waals surface area contributed by atoms with Gasteiger partial charge in [0.1, 0.15) is 13.2 Å². The topological polar surface area (TPSA) is 78.9 Å². The maximum Gasteiger partial charge on any atom is 0.306 e. The Morgan fingerprint density at radius 3 is 0.548 bits per heavy atom. The fourth-order valence-corrected chi connectivity index (χ4v) is 10.6. The summed E-state index contributed by atoms with van der Waals surface area (Å²) in [6, 6.07) is 0. The summed E-state index contributed by atoms with van der Waals surface area (Å²) in [5, 5.41) is 0. The molecule has 73 heavy (non-hydrogen) atoms. The summed E-state index contributed by atoms with van der Waals surface area (Å²) in [6.45, 7) is 6.73. The molecule has 0 spiro atoms. The predicted molar refractivity (Wildman–Crippen MR) is 317 cm³/mol. The highest BCUT2D eigenvalue weighted by atomic mass is 16.6. The molecule has 1 unspecified atom stereocenters. The van der Waals surface area contributed by atoms with Crippen LogP contribution in [0.2, 0.25) is 0 Å². The average molecular weight is 1030 g/mol. The van der Waals surface area contributed by atoms with Crippen LogP contribution in [0.3, 0.4) is 0 Å². The minimum atomic E-state index is -0.762. The molecule has 0 amide bonds. The van der Waals surface area contributed by atoms with Crippen molar-refractivity contribution in [2.24, 2.45) is 0 Å². The van der Waals surface area contributed by atoms with Gasteiger partial charge in [0.2, 0.25) is 0 Å². The van der Waals surface area contributed by atoms with Crippen LogP contribution in [0, 0.1) is 0 Å². The van der Waals surface area contributed by atoms with Crippen molar-refractivity contribution in [2.45, 2.75) is 399 Å². The Kier molecular flexibility index (Phi) is 61.6. The van der Waals surface area contributed by atoms with Gasteiger partial charge in [0.25, 0.3) is 0 Å². The molecule has 0 saturated carbocycles. The minimum Gasteiger partial charge on any atom is -0.462 e. The van der Waals surface area contributed by atoms with E-state index in [4.69, 9.17) is 14.2 Å². The second-order valence-electron chi connectivity index (χ2n) is 23.1. The summed E-state index contributed by atoms with van der Waals surface area (Å²) >= 11 is 0. The van der Waals surface area contributed by atoms with Gasteiger partial charge >= 0.3 is 17.9 Å². The summed E-state index contributed by atoms with van der Waals surface area (Å²) in [4.78, 5) is 38.3. The van der Waals surface area contributed by atoms with Crippen LogP contribution in [0.4, 0.5) is 0 Å². The largest absolute Gasteiger partial charge is 0.462 e. The molecular weight excluding hydrogens is 901 g/mol. The number of unbranched alkanes of at least 4 members (excludes halogenated alkanes) is 52. The van der Waals surface area contributed by atoms with Crippen LogP contribution in [0.15, 0.2) is 0 Å². The maximum absolute atomic E-state index is 12.9. The van der Waals surface area contributed by atoms with Crippen LogP contribution in [-0.2, 0) is 28.6 Å². The molecule has 0 N–H and O–H groups in total. The van der Waals surface area contributed by atoms with Crippen molar-refractivity contribution in [1.82, 2.24) is 0 Å². The lowest BCUT2D eigenvalue weighted by atomic mass is 10.0. The van der Waals surface area contributed by atoms with E-state index >= 15 is 0 Å². The summed E-state index contributed by atoms with van der Waals surface area (Å²) in [5.41, 5.74) is 0. The van der Waals surface area contributed by atoms with Gasteiger partial charge in [-0.15, -0.1) is 0 Å². The van der Waals surface area contributed by atoms with Crippen LogP contribution in [0.25, 0.3) is 0 Å². The molecule has 0 bridgehead atoms. The molecule has 0 aliphatic rings. The van der Waals surface area contributed by atoms with Gasteiger partial charge in [-0.25, -0.2) is 0 Å². The Morgan fingerprint density at radius 1 is 0.219 bits per heavy atom. The van der Waals surface area contributed by atoms with Crippen LogP contribution in [0.5, 0.6) is 0 Å². The lowest BCUT2D eigenvalue weighted by Gasteiger charge is -2.18. The number of rotatable bonds is 63. The van der Waals surface area contributed by atoms with Gasteiger partial charge in [-0.2, -0.15) is 0 Å². The van der Waals surface area contributed by atoms with Gasteiger partial charge < -0.3 is 14.2 Å². The van der Waals surface area contributed by atoms with Gasteiger partial charge in [-0.1, -0.05) is 355 Å². The van der Waals surface area contributed by atoms with Crippen molar-refractivity contribution in [2.75, 3.05) is 13.2 Å². The van der Waals surface area contributed by atoms with E-state index in [1.54, 1.807) is 0 Å². The summed E-state index contributed by atoms with van der Waals surface area (Å²) in [6.07, 6.45) is 72.7. The number of hydrogen-bond acceptors (Lipinski definition) is 6. The molecule has 6 nitrogen and oxygen atoms in total. The number of carbonyl (C=O) groups excluding carboxylic acids is 3. The zero-order valence-corrected chi connectivity index (χ0v) is 50.0. The Labute approximate surface area is 457 Å². The molecule has 0 radical (unpaired) electrons. The second kappa shape index (κ2) is 62.9. The molecule has 0 saturated heterocycles. The van der Waals surface area contributed by atoms with Crippen molar-refractivity contribution in [3.05, 3.63) is 0 Å². The first-order valence-corrected chi connectivity index (χ1v) is 33.5. The standard InChI is InChI=1S/C67H130O6/c1-4-7-10-13-16-19-22-25-27-28-29-30-31-32-33-34-35-36-37-38-40-42-45-48-51-54-57-60-66(69)72-63-64(62-71-65(68)59-56-53-50-47-44-41-24-21-18-15-12-9-6-3)73-67(70)61-58-55-52-49-46-43-39-26-23-20-17-14-11-8-5-2/h64H,4-63H2,1-3H3. The van der Waals surface area contributed by atoms with E-state index in [9.17, 15) is 14.4 Å². The first-order chi connectivity index (χ1) is 36.0. The van der Waals surface area contributed by atoms with Gasteiger partial charge in [-0.05, 0) is 19.3 Å². The molecule has 0 aromatic heterocycles. The van der Waals surface area contributed by atoms with E-state index in [1.807, 2.05) is 0 Å². The lowest BCUT2D eigenvalue weighted by Crippen LogP contribution is -2.30. The Bertz CT molecular complexity index is 1090. The van der Waals surface area contributed by atoms with Crippen LogP contribution >= 0.6 is 0 Å². The number of ether oxygens (including phenoxy) is 3. The first-order valence-electron chi connectivity index (χ1n) is 33.5. The van der Waals surface area contributed by atoms with E-state index in [0.717, 1.165) is 57.8 Å². The predicted octanol–water partition coefficient (Wildman–Crippen LogP) is 22.7. The van der Waals surface area contributed by atoms with E-state index in [0.29, 0.717) is 19.3 Å². The van der Waals surface area contributed by atoms with Crippen LogP contribution in [-0.4, -0.2) is 37.2 Å². The molecule has 0 fully saturated rings. The van der Waals surface area contributed by atoms with Gasteiger partial charge in [0.15, 0.2) is 6.10 Å². The maximum atomic E-state index is 12.9. The number of hydrogen-bond donors (Lipinski definition) is 0. The molecule has 6 heteroatoms. The quantitative estimate of drug-likeness (QED) is 0.0343. The highest BCUT2D eigenvalue weighted by Crippen LogP contribution is 2.19. The highest BCUT2D eigenvalue weighted by molar-refractivity contribution is 5.71. The molecule has 1 atom stereocenters. The fourth-order valence-electron chi connectivity index (χ4n) is 10.6. The number of esters is 3. The van der Waals surface area contributed by atoms with E-state index in [1.165, 1.54) is 295 Å². The molecule has 0 rings (SSSR count). The summed E-state index contributed by atoms with van der Waals surface area (Å²) < 4.78 is 17.0. The van der Waals surface area contributed by atoms with Crippen molar-refractivity contribution in [3.8, 4) is 0 Å². The van der Waals surface area contributed by atoms with Crippen molar-refractivity contribution < 1.29 is 28.6 Å². The first kappa shape index (κ1) is 71.4. The Morgan fingerprint density at radius 2 is 0.370 bits per heavy atom. The molecule has 0 aromatic rings. The van der Waals surface area contributed by atoms with E-state index < -0.39 is 6.10 Å². The fraction of sp³-hybridized carbons (Fsp3) is 0.955. The van der Waals surface area contributed by atoms with Crippen molar-refractivity contribution in [3.63, 3.8) is 0 Å². The van der Waals surface area contributed by atoms with Gasteiger partial charge in [0, 0.05) is 19.3 Å². The minimum absolute atomic E-state index is 0.0606. The smallest absolute Gasteiger partial charge is 0.306 e. The van der Waals surface area contributed by atoms with E-state index in [2.05, 4.69) is 20.8 Å². The Hall–Kier alpha value is -1.59. The molecule has 434 valence electrons. The zero-order valence-electron chi connectivity index (χ0n) is 50.0. The third-order valence-corrected chi connectivity index (χ3v) is 15.6. The van der Waals surface area contributed by atoms with E-state index in [-0.39, 0.29) is 31.1 Å². The summed E-state index contributed by atoms with van der Waals surface area (Å²) in [5.74, 6) is -0.825. The molecule has 0 aliphatic heterocycles. The molecular formula is C67H130O6. The Balaban J connectivity index is 4.13. The van der Waals surface area contributed by atoms with Crippen LogP contribution in [0.1, 0.15) is 393 Å². The van der Waals surface area contributed by atoms with Crippen molar-refractivity contribution in [1.29, 1.82) is 0 Å².